The van der Waals surface area contributed by atoms with Crippen LogP contribution in [0, 0.1) is 0 Å². The maximum atomic E-state index is 10.2. The van der Waals surface area contributed by atoms with Gasteiger partial charge in [0.1, 0.15) is 11.6 Å². The molecule has 0 aromatic carbocycles. The van der Waals surface area contributed by atoms with E-state index in [1.165, 1.54) is 62.6 Å². The topological polar surface area (TPSA) is 149 Å². The summed E-state index contributed by atoms with van der Waals surface area (Å²) in [7, 11) is 4.65. The number of hydrogen-bond donors (Lipinski definition) is 0. The van der Waals surface area contributed by atoms with Gasteiger partial charge in [0, 0.05) is 81.4 Å². The fourth-order valence-corrected chi connectivity index (χ4v) is 3.85. The molecular weight excluding hydrogens is 1130 g/mol. The van der Waals surface area contributed by atoms with E-state index < -0.39 is 0 Å². The molecule has 0 N–H and O–H groups in total. The highest BCUT2D eigenvalue weighted by Crippen LogP contribution is 2.00. The van der Waals surface area contributed by atoms with E-state index in [2.05, 4.69) is 98.1 Å². The molecule has 0 aliphatic heterocycles. The minimum Gasteiger partial charge on any atom is -0.490 e. The number of unbranched alkanes of at least 4 members (excludes halogenated alkanes) is 1. The maximum Gasteiger partial charge on any atom is 0.305 e. The molecule has 0 fully saturated rings. The van der Waals surface area contributed by atoms with E-state index in [0.717, 1.165) is 52.2 Å². The summed E-state index contributed by atoms with van der Waals surface area (Å²) in [4.78, 5) is 60.2. The van der Waals surface area contributed by atoms with E-state index >= 15 is 0 Å². The molecule has 20 heteroatoms. The van der Waals surface area contributed by atoms with Gasteiger partial charge in [-0.05, 0) is 108 Å². The zero-order valence-electron chi connectivity index (χ0n) is 53.2. The molecule has 0 rings (SSSR count). The van der Waals surface area contributed by atoms with Crippen molar-refractivity contribution in [3.63, 3.8) is 0 Å². The third-order valence-electron chi connectivity index (χ3n) is 5.92. The van der Waals surface area contributed by atoms with Crippen molar-refractivity contribution in [2.75, 3.05) is 77.2 Å². The van der Waals surface area contributed by atoms with Crippen LogP contribution in [-0.4, -0.2) is 129 Å². The summed E-state index contributed by atoms with van der Waals surface area (Å²) in [6, 6.07) is 0. The Hall–Kier alpha value is -0.710. The number of carbonyl (C=O) groups is 6. The van der Waals surface area contributed by atoms with Gasteiger partial charge < -0.3 is 28.5 Å². The van der Waals surface area contributed by atoms with E-state index in [-0.39, 0.29) is 28.0 Å². The molecule has 0 amide bonds. The van der Waals surface area contributed by atoms with Crippen LogP contribution in [0.2, 0.25) is 0 Å². The molecule has 0 spiro atoms. The number of thiocarbonyl (C=S) groups is 4. The largest absolute Gasteiger partial charge is 0.490 e. The van der Waals surface area contributed by atoms with Crippen LogP contribution in [0.3, 0.4) is 0 Å². The first kappa shape index (κ1) is 110. The standard InChI is InChI=1S/2C5H10O.2C4H8O2.4C4H8OS.2C4H8S2.C4H10.C3H8O.C3H8S.C3H8/c1-3-4-5(2)6;1-3-5(6)4-2;1-3-4(5)6-2;1-3-6-4(2)5;1-3-4(5)6-2;1-3-4(6)5-2;1-3-6-4(2)5;1-3-5-4(2)6;1-3-4(5)6-2;1-3-6-4(2)5;3*1-3-4-2;1-3-2/h2*3-4H2,1-2H3;8*3H2,1-2H3;3-4H2,1-2H3;2*3H2,1-2H3;3H2,1-2H3. The lowest BCUT2D eigenvalue weighted by Gasteiger charge is -1.93. The van der Waals surface area contributed by atoms with Crippen molar-refractivity contribution in [3.05, 3.63) is 0 Å². The Bertz CT molecular complexity index is 932. The molecule has 0 saturated heterocycles. The molecule has 0 bridgehead atoms. The van der Waals surface area contributed by atoms with Crippen LogP contribution < -0.4 is 0 Å². The average Bonchev–Trinajstić information content (AvgIpc) is 3.39. The molecule has 0 aliphatic carbocycles. The smallest absolute Gasteiger partial charge is 0.305 e. The van der Waals surface area contributed by atoms with Gasteiger partial charge in [0.25, 0.3) is 0 Å². The van der Waals surface area contributed by atoms with Crippen LogP contribution in [0.25, 0.3) is 0 Å². The molecule has 0 aromatic heterocycles. The van der Waals surface area contributed by atoms with Crippen LogP contribution in [0.5, 0.6) is 0 Å². The molecule has 75 heavy (non-hydrogen) atoms. The van der Waals surface area contributed by atoms with E-state index in [1.807, 2.05) is 80.3 Å². The molecule has 0 unspecified atom stereocenters. The summed E-state index contributed by atoms with van der Waals surface area (Å²) >= 11 is 26.6. The Morgan fingerprint density at radius 1 is 0.467 bits per heavy atom. The van der Waals surface area contributed by atoms with Crippen molar-refractivity contribution in [2.45, 2.75) is 223 Å². The highest BCUT2D eigenvalue weighted by atomic mass is 32.2. The Kier molecular flexibility index (Phi) is 177. The molecule has 0 heterocycles. The number of rotatable bonds is 15. The van der Waals surface area contributed by atoms with Crippen LogP contribution in [-0.2, 0) is 52.5 Å². The highest BCUT2D eigenvalue weighted by Gasteiger charge is 1.89. The maximum absolute atomic E-state index is 10.2. The van der Waals surface area contributed by atoms with Gasteiger partial charge in [0.2, 0.25) is 0 Å². The highest BCUT2D eigenvalue weighted by molar-refractivity contribution is 8.23. The lowest BCUT2D eigenvalue weighted by molar-refractivity contribution is -0.141. The Morgan fingerprint density at radius 2 is 0.867 bits per heavy atom. The zero-order valence-corrected chi connectivity index (χ0v) is 60.5. The number of methoxy groups -OCH3 is 3. The summed E-state index contributed by atoms with van der Waals surface area (Å²) in [6.45, 7) is 44.2. The first-order chi connectivity index (χ1) is 35.0. The first-order valence-electron chi connectivity index (χ1n) is 25.9. The third-order valence-corrected chi connectivity index (χ3v) is 11.1. The van der Waals surface area contributed by atoms with Crippen molar-refractivity contribution in [1.29, 1.82) is 0 Å². The summed E-state index contributed by atoms with van der Waals surface area (Å²) in [5.74, 6) is 3.50. The molecule has 11 nitrogen and oxygen atoms in total. The number of carbonyl (C=O) groups excluding carboxylic acids is 6. The van der Waals surface area contributed by atoms with E-state index in [0.29, 0.717) is 54.8 Å². The predicted octanol–water partition coefficient (Wildman–Crippen LogP) is 18.6. The second-order valence-corrected chi connectivity index (χ2v) is 21.5. The van der Waals surface area contributed by atoms with E-state index in [1.54, 1.807) is 78.6 Å². The van der Waals surface area contributed by atoms with Crippen molar-refractivity contribution in [2.24, 2.45) is 0 Å². The molecule has 458 valence electrons. The number of ether oxygens (including phenoxy) is 5. The fourth-order valence-electron chi connectivity index (χ4n) is 1.99. The second kappa shape index (κ2) is 121. The van der Waals surface area contributed by atoms with Gasteiger partial charge >= 0.3 is 11.9 Å². The summed E-state index contributed by atoms with van der Waals surface area (Å²) in [6.07, 6.45) is 15.9. The van der Waals surface area contributed by atoms with Crippen LogP contribution in [0.4, 0.5) is 0 Å². The number of hydrogen-bond acceptors (Lipinski definition) is 20. The Labute approximate surface area is 508 Å². The number of Topliss-reactive ketones (excluding diaryl/α,β-unsaturated/α-hetero) is 2. The summed E-state index contributed by atoms with van der Waals surface area (Å²) in [5.41, 5.74) is 0. The molecule has 0 saturated carbocycles. The SMILES string of the molecule is CCC.CCC(=O)CC.CCC(=O)OC.CCC(=O)SC.CCC(=S)OC.CCC(=S)SC.CCCC.CCCC(C)=O.CCOC.CCOC(C)=O.CCOC(C)=S.CCSC.CCSC(C)=O.CCSC(C)=S. The third kappa shape index (κ3) is 268. The molecular formula is C55H118O11S9. The monoisotopic (exact) mass is 1240 g/mol. The van der Waals surface area contributed by atoms with Crippen LogP contribution in [0.1, 0.15) is 223 Å². The number of thioether (sulfide) groups is 5. The lowest BCUT2D eigenvalue weighted by Crippen LogP contribution is -1.95. The van der Waals surface area contributed by atoms with Gasteiger partial charge in [0.15, 0.2) is 20.3 Å². The van der Waals surface area contributed by atoms with Gasteiger partial charge in [-0.2, -0.15) is 11.8 Å². The zero-order chi connectivity index (χ0) is 62.9. The predicted molar refractivity (Wildman–Crippen MR) is 364 cm³/mol. The Morgan fingerprint density at radius 3 is 0.867 bits per heavy atom. The fraction of sp³-hybridized carbons (Fsp3) is 0.818. The van der Waals surface area contributed by atoms with Gasteiger partial charge in [-0.1, -0.05) is 164 Å². The van der Waals surface area contributed by atoms with Gasteiger partial charge in [0.05, 0.1) is 27.4 Å². The summed E-state index contributed by atoms with van der Waals surface area (Å²) in [5, 5.41) is 1.76. The molecule has 0 radical (unpaired) electrons. The minimum atomic E-state index is -0.211. The number of ketones is 2. The number of esters is 2. The second-order valence-electron chi connectivity index (χ2n) is 13.0. The Balaban J connectivity index is -0.0000000447. The minimum absolute atomic E-state index is 0.157. The van der Waals surface area contributed by atoms with Crippen molar-refractivity contribution in [3.8, 4) is 0 Å². The molecule has 0 atom stereocenters. The average molecular weight is 1240 g/mol. The molecule has 0 aliphatic rings. The van der Waals surface area contributed by atoms with Crippen molar-refractivity contribution in [1.82, 2.24) is 0 Å². The van der Waals surface area contributed by atoms with E-state index in [4.69, 9.17) is 29.2 Å². The normalized spacial score (nSPS) is 7.89. The van der Waals surface area contributed by atoms with Crippen LogP contribution in [0.15, 0.2) is 0 Å². The van der Waals surface area contributed by atoms with Gasteiger partial charge in [-0.3, -0.25) is 24.0 Å². The van der Waals surface area contributed by atoms with Crippen molar-refractivity contribution >= 4 is 160 Å². The van der Waals surface area contributed by atoms with Crippen molar-refractivity contribution < 1.29 is 52.5 Å². The van der Waals surface area contributed by atoms with Crippen LogP contribution >= 0.6 is 108 Å². The van der Waals surface area contributed by atoms with E-state index in [9.17, 15) is 28.8 Å². The quantitative estimate of drug-likeness (QED) is 0.113. The van der Waals surface area contributed by atoms with Gasteiger partial charge in [-0.25, -0.2) is 0 Å². The van der Waals surface area contributed by atoms with Gasteiger partial charge in [-0.15, -0.1) is 23.5 Å². The summed E-state index contributed by atoms with van der Waals surface area (Å²) < 4.78 is 24.7. The first-order valence-corrected chi connectivity index (χ1v) is 33.3. The molecule has 0 aromatic rings. The lowest BCUT2D eigenvalue weighted by atomic mass is 10.3.